The maximum absolute atomic E-state index is 9.96. The van der Waals surface area contributed by atoms with Gasteiger partial charge in [-0.25, -0.2) is 0 Å². The van der Waals surface area contributed by atoms with E-state index in [1.165, 1.54) is 12.8 Å². The van der Waals surface area contributed by atoms with Crippen LogP contribution in [0.3, 0.4) is 0 Å². The van der Waals surface area contributed by atoms with Gasteiger partial charge in [0.15, 0.2) is 0 Å². The number of aliphatic hydroxyl groups is 1. The lowest BCUT2D eigenvalue weighted by Crippen LogP contribution is -2.60. The Balaban J connectivity index is 1.98. The third kappa shape index (κ3) is 3.91. The number of nitrogens with zero attached hydrogens (tertiary/aromatic N) is 1. The quantitative estimate of drug-likeness (QED) is 0.730. The Hall–Kier alpha value is -0.160. The predicted octanol–water partition coefficient (Wildman–Crippen LogP) is 1.24. The van der Waals surface area contributed by atoms with Crippen LogP contribution < -0.4 is 5.32 Å². The van der Waals surface area contributed by atoms with Gasteiger partial charge in [-0.05, 0) is 45.6 Å². The Kier molecular flexibility index (Phi) is 5.23. The van der Waals surface area contributed by atoms with E-state index in [1.54, 1.807) is 0 Å². The van der Waals surface area contributed by atoms with Crippen LogP contribution in [0.4, 0.5) is 0 Å². The highest BCUT2D eigenvalue weighted by Crippen LogP contribution is 2.40. The molecule has 4 nitrogen and oxygen atoms in total. The molecule has 1 aliphatic carbocycles. The Labute approximate surface area is 117 Å². The summed E-state index contributed by atoms with van der Waals surface area (Å²) in [5, 5.41) is 13.6. The molecule has 1 saturated carbocycles. The number of ether oxygens (including phenoxy) is 1. The molecule has 0 aromatic carbocycles. The Morgan fingerprint density at radius 1 is 1.26 bits per heavy atom. The lowest BCUT2D eigenvalue weighted by atomic mass is 9.92. The Morgan fingerprint density at radius 2 is 1.89 bits per heavy atom. The largest absolute Gasteiger partial charge is 0.394 e. The van der Waals surface area contributed by atoms with Crippen molar-refractivity contribution in [1.29, 1.82) is 0 Å². The summed E-state index contributed by atoms with van der Waals surface area (Å²) < 4.78 is 5.80. The number of rotatable bonds is 7. The molecule has 1 saturated heterocycles. The van der Waals surface area contributed by atoms with Crippen molar-refractivity contribution >= 4 is 0 Å². The molecule has 19 heavy (non-hydrogen) atoms. The van der Waals surface area contributed by atoms with Crippen molar-refractivity contribution in [3.63, 3.8) is 0 Å². The fourth-order valence-corrected chi connectivity index (χ4v) is 3.39. The van der Waals surface area contributed by atoms with E-state index >= 15 is 0 Å². The molecule has 2 aliphatic rings. The minimum absolute atomic E-state index is 0.0905. The first-order valence-electron chi connectivity index (χ1n) is 7.83. The van der Waals surface area contributed by atoms with Crippen molar-refractivity contribution in [2.45, 2.75) is 57.8 Å². The molecule has 2 rings (SSSR count). The van der Waals surface area contributed by atoms with Crippen molar-refractivity contribution < 1.29 is 9.84 Å². The molecule has 3 atom stereocenters. The summed E-state index contributed by atoms with van der Waals surface area (Å²) in [5.41, 5.74) is -0.0905. The number of hydrogen-bond donors (Lipinski definition) is 2. The summed E-state index contributed by atoms with van der Waals surface area (Å²) in [4.78, 5) is 2.47. The predicted molar refractivity (Wildman–Crippen MR) is 77.3 cm³/mol. The molecule has 0 amide bonds. The summed E-state index contributed by atoms with van der Waals surface area (Å²) in [6.45, 7) is 10.6. The van der Waals surface area contributed by atoms with Gasteiger partial charge in [-0.15, -0.1) is 0 Å². The maximum Gasteiger partial charge on any atom is 0.0678 e. The molecule has 0 bridgehead atoms. The highest BCUT2D eigenvalue weighted by molar-refractivity contribution is 5.03. The van der Waals surface area contributed by atoms with E-state index in [-0.39, 0.29) is 12.1 Å². The number of nitrogens with one attached hydrogen (secondary N) is 1. The molecular formula is C15H30N2O2. The first-order chi connectivity index (χ1) is 9.09. The summed E-state index contributed by atoms with van der Waals surface area (Å²) in [7, 11) is 0. The second-order valence-electron chi connectivity index (χ2n) is 6.47. The smallest absolute Gasteiger partial charge is 0.0678 e. The van der Waals surface area contributed by atoms with Gasteiger partial charge in [-0.3, -0.25) is 4.90 Å². The average molecular weight is 270 g/mol. The maximum atomic E-state index is 9.96. The molecule has 4 heteroatoms. The van der Waals surface area contributed by atoms with Gasteiger partial charge in [0.05, 0.1) is 24.4 Å². The van der Waals surface area contributed by atoms with Crippen molar-refractivity contribution in [3.8, 4) is 0 Å². The van der Waals surface area contributed by atoms with Crippen LogP contribution in [0.1, 0.15) is 40.0 Å². The summed E-state index contributed by atoms with van der Waals surface area (Å²) in [6.07, 6.45) is 4.22. The minimum atomic E-state index is -0.0905. The molecule has 0 aromatic rings. The zero-order valence-electron chi connectivity index (χ0n) is 12.7. The molecule has 112 valence electrons. The number of aliphatic hydroxyl groups excluding tert-OH is 1. The molecule has 1 heterocycles. The summed E-state index contributed by atoms with van der Waals surface area (Å²) in [6, 6.07) is 0. The highest BCUT2D eigenvalue weighted by atomic mass is 16.5. The molecule has 1 unspecified atom stereocenters. The molecule has 0 spiro atoms. The van der Waals surface area contributed by atoms with E-state index in [0.29, 0.717) is 18.1 Å². The lowest BCUT2D eigenvalue weighted by molar-refractivity contribution is -0.0782. The Bertz CT molecular complexity index is 273. The second kappa shape index (κ2) is 6.53. The minimum Gasteiger partial charge on any atom is -0.394 e. The van der Waals surface area contributed by atoms with Crippen LogP contribution in [0, 0.1) is 5.92 Å². The van der Waals surface area contributed by atoms with Gasteiger partial charge in [-0.2, -0.15) is 0 Å². The number of morpholine rings is 1. The van der Waals surface area contributed by atoms with Crippen molar-refractivity contribution in [2.75, 3.05) is 32.8 Å². The summed E-state index contributed by atoms with van der Waals surface area (Å²) in [5.74, 6) is 0.650. The van der Waals surface area contributed by atoms with Crippen LogP contribution in [0.15, 0.2) is 0 Å². The SMILES string of the molecule is CCCNC(CO)(CN1C[C@@H](C)O[C@@H](C)C1)C1CC1. The third-order valence-corrected chi connectivity index (χ3v) is 4.37. The van der Waals surface area contributed by atoms with Crippen LogP contribution in [-0.2, 0) is 4.74 Å². The topological polar surface area (TPSA) is 44.7 Å². The normalized spacial score (nSPS) is 32.2. The number of hydrogen-bond acceptors (Lipinski definition) is 4. The van der Waals surface area contributed by atoms with Crippen LogP contribution >= 0.6 is 0 Å². The van der Waals surface area contributed by atoms with Gasteiger partial charge >= 0.3 is 0 Å². The molecule has 1 aliphatic heterocycles. The Morgan fingerprint density at radius 3 is 2.37 bits per heavy atom. The third-order valence-electron chi connectivity index (χ3n) is 4.37. The van der Waals surface area contributed by atoms with Crippen LogP contribution in [0.5, 0.6) is 0 Å². The average Bonchev–Trinajstić information content (AvgIpc) is 3.18. The van der Waals surface area contributed by atoms with Crippen molar-refractivity contribution in [3.05, 3.63) is 0 Å². The lowest BCUT2D eigenvalue weighted by Gasteiger charge is -2.42. The molecule has 0 radical (unpaired) electrons. The standard InChI is InChI=1S/C15H30N2O2/c1-4-7-16-15(11-18,14-5-6-14)10-17-8-12(2)19-13(3)9-17/h12-14,16,18H,4-11H2,1-3H3/t12-,13+,15?. The highest BCUT2D eigenvalue weighted by Gasteiger charge is 2.45. The zero-order valence-corrected chi connectivity index (χ0v) is 12.7. The van der Waals surface area contributed by atoms with Crippen LogP contribution in [0.2, 0.25) is 0 Å². The fraction of sp³-hybridized carbons (Fsp3) is 1.00. The van der Waals surface area contributed by atoms with Crippen LogP contribution in [0.25, 0.3) is 0 Å². The van der Waals surface area contributed by atoms with Gasteiger partial charge < -0.3 is 15.2 Å². The van der Waals surface area contributed by atoms with E-state index in [9.17, 15) is 5.11 Å². The van der Waals surface area contributed by atoms with E-state index in [4.69, 9.17) is 4.74 Å². The van der Waals surface area contributed by atoms with Gasteiger partial charge in [0, 0.05) is 19.6 Å². The van der Waals surface area contributed by atoms with Crippen molar-refractivity contribution in [1.82, 2.24) is 10.2 Å². The molecule has 2 N–H and O–H groups in total. The first kappa shape index (κ1) is 15.2. The van der Waals surface area contributed by atoms with Gasteiger partial charge in [0.2, 0.25) is 0 Å². The van der Waals surface area contributed by atoms with Crippen LogP contribution in [-0.4, -0.2) is 60.5 Å². The van der Waals surface area contributed by atoms with Gasteiger partial charge in [0.1, 0.15) is 0 Å². The zero-order chi connectivity index (χ0) is 13.9. The first-order valence-corrected chi connectivity index (χ1v) is 7.83. The summed E-state index contributed by atoms with van der Waals surface area (Å²) >= 11 is 0. The molecular weight excluding hydrogens is 240 g/mol. The second-order valence-corrected chi connectivity index (χ2v) is 6.47. The fourth-order valence-electron chi connectivity index (χ4n) is 3.39. The van der Waals surface area contributed by atoms with E-state index in [0.717, 1.165) is 32.6 Å². The van der Waals surface area contributed by atoms with Gasteiger partial charge in [0.25, 0.3) is 0 Å². The molecule has 2 fully saturated rings. The van der Waals surface area contributed by atoms with Gasteiger partial charge in [-0.1, -0.05) is 6.92 Å². The van der Waals surface area contributed by atoms with Crippen molar-refractivity contribution in [2.24, 2.45) is 5.92 Å². The van der Waals surface area contributed by atoms with E-state index in [1.807, 2.05) is 0 Å². The van der Waals surface area contributed by atoms with E-state index < -0.39 is 0 Å². The molecule has 0 aromatic heterocycles. The monoisotopic (exact) mass is 270 g/mol. The van der Waals surface area contributed by atoms with E-state index in [2.05, 4.69) is 31.0 Å².